The van der Waals surface area contributed by atoms with Crippen LogP contribution in [0.5, 0.6) is 11.5 Å². The molecule has 2 aliphatic rings. The van der Waals surface area contributed by atoms with Crippen molar-refractivity contribution in [1.29, 1.82) is 0 Å². The second-order valence-corrected chi connectivity index (χ2v) is 5.77. The summed E-state index contributed by atoms with van der Waals surface area (Å²) in [6.45, 7) is 1.85. The van der Waals surface area contributed by atoms with Gasteiger partial charge in [-0.15, -0.1) is 0 Å². The molecule has 0 spiro atoms. The molecule has 1 aromatic carbocycles. The van der Waals surface area contributed by atoms with E-state index in [9.17, 15) is 5.11 Å². The number of nitrogens with one attached hydrogen (secondary N) is 1. The van der Waals surface area contributed by atoms with Gasteiger partial charge in [0, 0.05) is 6.54 Å². The van der Waals surface area contributed by atoms with Gasteiger partial charge in [-0.25, -0.2) is 0 Å². The number of hydrogen-bond acceptors (Lipinski definition) is 4. The Kier molecular flexibility index (Phi) is 4.43. The molecule has 1 saturated carbocycles. The maximum absolute atomic E-state index is 10.2. The van der Waals surface area contributed by atoms with Crippen molar-refractivity contribution in [2.75, 3.05) is 19.9 Å². The van der Waals surface area contributed by atoms with Crippen LogP contribution in [0.3, 0.4) is 0 Å². The molecular formula is C16H23NO3. The lowest BCUT2D eigenvalue weighted by Crippen LogP contribution is -2.23. The summed E-state index contributed by atoms with van der Waals surface area (Å²) in [4.78, 5) is 0. The van der Waals surface area contributed by atoms with E-state index >= 15 is 0 Å². The van der Waals surface area contributed by atoms with Crippen LogP contribution in [0.15, 0.2) is 18.2 Å². The van der Waals surface area contributed by atoms with E-state index < -0.39 is 6.10 Å². The van der Waals surface area contributed by atoms with Crippen LogP contribution in [0, 0.1) is 5.92 Å². The summed E-state index contributed by atoms with van der Waals surface area (Å²) in [7, 11) is 0. The molecule has 1 unspecified atom stereocenters. The molecule has 1 atom stereocenters. The lowest BCUT2D eigenvalue weighted by molar-refractivity contribution is 0.170. The monoisotopic (exact) mass is 277 g/mol. The second kappa shape index (κ2) is 6.46. The number of aliphatic hydroxyl groups excluding tert-OH is 1. The van der Waals surface area contributed by atoms with Crippen molar-refractivity contribution in [3.8, 4) is 11.5 Å². The number of fused-ring (bicyclic) bond motifs is 1. The summed E-state index contributed by atoms with van der Waals surface area (Å²) in [5, 5.41) is 13.5. The third-order valence-electron chi connectivity index (χ3n) is 4.32. The Bertz CT molecular complexity index is 443. The van der Waals surface area contributed by atoms with E-state index in [-0.39, 0.29) is 6.79 Å². The Hall–Kier alpha value is -1.26. The molecule has 3 rings (SSSR count). The first-order valence-electron chi connectivity index (χ1n) is 7.61. The third kappa shape index (κ3) is 3.25. The topological polar surface area (TPSA) is 50.7 Å². The minimum atomic E-state index is -0.493. The minimum absolute atomic E-state index is 0.272. The van der Waals surface area contributed by atoms with Crippen molar-refractivity contribution in [1.82, 2.24) is 5.32 Å². The van der Waals surface area contributed by atoms with Crippen molar-refractivity contribution in [2.24, 2.45) is 5.92 Å². The first-order chi connectivity index (χ1) is 9.83. The van der Waals surface area contributed by atoms with E-state index in [4.69, 9.17) is 9.47 Å². The van der Waals surface area contributed by atoms with Crippen LogP contribution in [-0.4, -0.2) is 25.0 Å². The lowest BCUT2D eigenvalue weighted by atomic mass is 10.0. The van der Waals surface area contributed by atoms with E-state index in [1.54, 1.807) is 0 Å². The zero-order chi connectivity index (χ0) is 13.8. The lowest BCUT2D eigenvalue weighted by Gasteiger charge is -2.14. The fourth-order valence-corrected chi connectivity index (χ4v) is 3.08. The highest BCUT2D eigenvalue weighted by molar-refractivity contribution is 5.45. The molecule has 0 bridgehead atoms. The molecule has 1 aliphatic heterocycles. The molecule has 110 valence electrons. The summed E-state index contributed by atoms with van der Waals surface area (Å²) >= 11 is 0. The summed E-state index contributed by atoms with van der Waals surface area (Å²) in [5.74, 6) is 2.38. The Balaban J connectivity index is 1.43. The fraction of sp³-hybridized carbons (Fsp3) is 0.625. The number of aliphatic hydroxyl groups is 1. The number of rotatable bonds is 6. The van der Waals surface area contributed by atoms with Crippen molar-refractivity contribution < 1.29 is 14.6 Å². The molecule has 1 heterocycles. The van der Waals surface area contributed by atoms with Crippen LogP contribution >= 0.6 is 0 Å². The smallest absolute Gasteiger partial charge is 0.231 e. The van der Waals surface area contributed by atoms with Gasteiger partial charge in [0.1, 0.15) is 0 Å². The van der Waals surface area contributed by atoms with Gasteiger partial charge in [-0.2, -0.15) is 0 Å². The van der Waals surface area contributed by atoms with E-state index in [1.807, 2.05) is 18.2 Å². The second-order valence-electron chi connectivity index (χ2n) is 5.77. The summed E-state index contributed by atoms with van der Waals surface area (Å²) < 4.78 is 10.6. The average Bonchev–Trinajstić information content (AvgIpc) is 3.13. The molecular weight excluding hydrogens is 254 g/mol. The Morgan fingerprint density at radius 1 is 1.20 bits per heavy atom. The normalized spacial score (nSPS) is 19.4. The van der Waals surface area contributed by atoms with Crippen LogP contribution in [0.25, 0.3) is 0 Å². The molecule has 0 aromatic heterocycles. The van der Waals surface area contributed by atoms with E-state index in [0.29, 0.717) is 6.54 Å². The van der Waals surface area contributed by atoms with Crippen molar-refractivity contribution in [2.45, 2.75) is 38.2 Å². The van der Waals surface area contributed by atoms with Crippen molar-refractivity contribution in [3.63, 3.8) is 0 Å². The summed E-state index contributed by atoms with van der Waals surface area (Å²) in [6.07, 6.45) is 6.29. The average molecular weight is 277 g/mol. The number of ether oxygens (including phenoxy) is 2. The van der Waals surface area contributed by atoms with Crippen molar-refractivity contribution in [3.05, 3.63) is 23.8 Å². The molecule has 20 heavy (non-hydrogen) atoms. The van der Waals surface area contributed by atoms with Crippen molar-refractivity contribution >= 4 is 0 Å². The molecule has 1 fully saturated rings. The molecule has 4 heteroatoms. The predicted molar refractivity (Wildman–Crippen MR) is 77.0 cm³/mol. The molecule has 0 saturated heterocycles. The summed E-state index contributed by atoms with van der Waals surface area (Å²) in [5.41, 5.74) is 0.877. The van der Waals surface area contributed by atoms with Crippen LogP contribution in [0.4, 0.5) is 0 Å². The van der Waals surface area contributed by atoms with Gasteiger partial charge in [-0.05, 0) is 36.6 Å². The van der Waals surface area contributed by atoms with Crippen LogP contribution < -0.4 is 14.8 Å². The molecule has 2 N–H and O–H groups in total. The predicted octanol–water partition coefficient (Wildman–Crippen LogP) is 2.62. The van der Waals surface area contributed by atoms with Gasteiger partial charge in [-0.1, -0.05) is 31.7 Å². The number of hydrogen-bond donors (Lipinski definition) is 2. The summed E-state index contributed by atoms with van der Waals surface area (Å²) in [6, 6.07) is 5.63. The largest absolute Gasteiger partial charge is 0.454 e. The molecule has 1 aliphatic carbocycles. The van der Waals surface area contributed by atoms with Gasteiger partial charge < -0.3 is 19.9 Å². The van der Waals surface area contributed by atoms with Gasteiger partial charge in [-0.3, -0.25) is 0 Å². The Morgan fingerprint density at radius 3 is 2.85 bits per heavy atom. The van der Waals surface area contributed by atoms with Gasteiger partial charge in [0.15, 0.2) is 11.5 Å². The maximum Gasteiger partial charge on any atom is 0.231 e. The highest BCUT2D eigenvalue weighted by Crippen LogP contribution is 2.34. The fourth-order valence-electron chi connectivity index (χ4n) is 3.08. The molecule has 1 aromatic rings. The molecule has 0 radical (unpaired) electrons. The van der Waals surface area contributed by atoms with Crippen LogP contribution in [0.1, 0.15) is 43.8 Å². The van der Waals surface area contributed by atoms with Gasteiger partial charge in [0.25, 0.3) is 0 Å². The van der Waals surface area contributed by atoms with E-state index in [2.05, 4.69) is 5.32 Å². The van der Waals surface area contributed by atoms with Crippen LogP contribution in [0.2, 0.25) is 0 Å². The minimum Gasteiger partial charge on any atom is -0.454 e. The highest BCUT2D eigenvalue weighted by atomic mass is 16.7. The van der Waals surface area contributed by atoms with E-state index in [0.717, 1.165) is 29.5 Å². The van der Waals surface area contributed by atoms with Gasteiger partial charge >= 0.3 is 0 Å². The quantitative estimate of drug-likeness (QED) is 0.785. The molecule has 4 nitrogen and oxygen atoms in total. The van der Waals surface area contributed by atoms with Gasteiger partial charge in [0.05, 0.1) is 6.10 Å². The first-order valence-corrected chi connectivity index (χ1v) is 7.61. The first kappa shape index (κ1) is 13.7. The Labute approximate surface area is 120 Å². The highest BCUT2D eigenvalue weighted by Gasteiger charge is 2.17. The van der Waals surface area contributed by atoms with Gasteiger partial charge in [0.2, 0.25) is 6.79 Å². The third-order valence-corrected chi connectivity index (χ3v) is 4.32. The van der Waals surface area contributed by atoms with Crippen LogP contribution in [-0.2, 0) is 0 Å². The zero-order valence-electron chi connectivity index (χ0n) is 11.8. The zero-order valence-corrected chi connectivity index (χ0v) is 11.8. The van der Waals surface area contributed by atoms with E-state index in [1.165, 1.54) is 32.1 Å². The maximum atomic E-state index is 10.2. The Morgan fingerprint density at radius 2 is 2.00 bits per heavy atom. The standard InChI is InChI=1S/C16H23NO3/c18-14(10-17-8-7-12-3-1-2-4-12)13-5-6-15-16(9-13)20-11-19-15/h5-6,9,12,14,17-18H,1-4,7-8,10-11H2. The SMILES string of the molecule is OC(CNCCC1CCCC1)c1ccc2c(c1)OCO2. The molecule has 0 amide bonds. The number of benzene rings is 1.